The highest BCUT2D eigenvalue weighted by atomic mass is 19.1. The van der Waals surface area contributed by atoms with E-state index in [9.17, 15) is 4.39 Å². The summed E-state index contributed by atoms with van der Waals surface area (Å²) in [6.45, 7) is 1.22. The Hall–Kier alpha value is -2.07. The first-order valence-electron chi connectivity index (χ1n) is 6.90. The lowest BCUT2D eigenvalue weighted by Crippen LogP contribution is -2.18. The van der Waals surface area contributed by atoms with Crippen LogP contribution in [0.15, 0.2) is 42.5 Å². The van der Waals surface area contributed by atoms with E-state index >= 15 is 0 Å². The molecule has 0 saturated heterocycles. The zero-order chi connectivity index (χ0) is 15.1. The molecular weight excluding hydrogens is 269 g/mol. The van der Waals surface area contributed by atoms with Crippen LogP contribution < -0.4 is 14.8 Å². The van der Waals surface area contributed by atoms with Crippen molar-refractivity contribution in [2.45, 2.75) is 13.0 Å². The van der Waals surface area contributed by atoms with Gasteiger partial charge in [0.2, 0.25) is 0 Å². The molecule has 0 aliphatic rings. The van der Waals surface area contributed by atoms with Crippen LogP contribution in [0.2, 0.25) is 0 Å². The van der Waals surface area contributed by atoms with Gasteiger partial charge in [0, 0.05) is 12.1 Å². The third kappa shape index (κ3) is 3.95. The van der Waals surface area contributed by atoms with Gasteiger partial charge in [-0.25, -0.2) is 4.39 Å². The van der Waals surface area contributed by atoms with E-state index < -0.39 is 0 Å². The van der Waals surface area contributed by atoms with E-state index in [1.807, 2.05) is 24.3 Å². The van der Waals surface area contributed by atoms with Crippen molar-refractivity contribution in [3.8, 4) is 11.5 Å². The molecule has 0 radical (unpaired) electrons. The Bertz CT molecular complexity index is 587. The van der Waals surface area contributed by atoms with Gasteiger partial charge in [-0.2, -0.15) is 0 Å². The number of ether oxygens (including phenoxy) is 2. The van der Waals surface area contributed by atoms with E-state index in [0.29, 0.717) is 12.1 Å². The maximum absolute atomic E-state index is 14.0. The largest absolute Gasteiger partial charge is 0.496 e. The van der Waals surface area contributed by atoms with Gasteiger partial charge in [-0.15, -0.1) is 0 Å². The molecule has 112 valence electrons. The molecule has 2 aromatic rings. The second-order valence-corrected chi connectivity index (χ2v) is 4.67. The van der Waals surface area contributed by atoms with E-state index in [0.717, 1.165) is 24.3 Å². The Kier molecular flexibility index (Phi) is 5.58. The minimum absolute atomic E-state index is 0.277. The molecule has 4 heteroatoms. The zero-order valence-electron chi connectivity index (χ0n) is 12.4. The van der Waals surface area contributed by atoms with E-state index in [1.165, 1.54) is 7.11 Å². The molecule has 0 atom stereocenters. The number of nitrogens with one attached hydrogen (secondary N) is 1. The average Bonchev–Trinajstić information content (AvgIpc) is 2.53. The molecule has 0 spiro atoms. The number of benzene rings is 2. The van der Waals surface area contributed by atoms with Crippen molar-refractivity contribution in [3.05, 3.63) is 59.4 Å². The highest BCUT2D eigenvalue weighted by Crippen LogP contribution is 2.20. The monoisotopic (exact) mass is 289 g/mol. The highest BCUT2D eigenvalue weighted by Gasteiger charge is 2.07. The predicted octanol–water partition coefficient (Wildman–Crippen LogP) is 3.18. The van der Waals surface area contributed by atoms with E-state index in [1.54, 1.807) is 25.3 Å². The second kappa shape index (κ2) is 7.64. The van der Waals surface area contributed by atoms with Gasteiger partial charge in [0.05, 0.1) is 14.2 Å². The van der Waals surface area contributed by atoms with Crippen LogP contribution in [0.1, 0.15) is 11.1 Å². The molecule has 0 unspecified atom stereocenters. The van der Waals surface area contributed by atoms with Crippen molar-refractivity contribution in [2.75, 3.05) is 20.8 Å². The fourth-order valence-corrected chi connectivity index (χ4v) is 2.21. The summed E-state index contributed by atoms with van der Waals surface area (Å²) in [7, 11) is 3.13. The zero-order valence-corrected chi connectivity index (χ0v) is 12.4. The van der Waals surface area contributed by atoms with Crippen molar-refractivity contribution in [1.82, 2.24) is 5.32 Å². The first-order chi connectivity index (χ1) is 10.3. The molecule has 0 aromatic heterocycles. The van der Waals surface area contributed by atoms with E-state index in [2.05, 4.69) is 5.32 Å². The summed E-state index contributed by atoms with van der Waals surface area (Å²) in [6, 6.07) is 13.1. The fourth-order valence-electron chi connectivity index (χ4n) is 2.21. The molecule has 0 saturated carbocycles. The van der Waals surface area contributed by atoms with Crippen molar-refractivity contribution in [1.29, 1.82) is 0 Å². The Morgan fingerprint density at radius 1 is 0.905 bits per heavy atom. The van der Waals surface area contributed by atoms with Crippen molar-refractivity contribution >= 4 is 0 Å². The van der Waals surface area contributed by atoms with Crippen LogP contribution in [0.5, 0.6) is 11.5 Å². The number of hydrogen-bond acceptors (Lipinski definition) is 3. The lowest BCUT2D eigenvalue weighted by molar-refractivity contribution is 0.383. The van der Waals surface area contributed by atoms with Crippen molar-refractivity contribution in [3.63, 3.8) is 0 Å². The van der Waals surface area contributed by atoms with Crippen LogP contribution in [-0.4, -0.2) is 20.8 Å². The first kappa shape index (κ1) is 15.3. The number of methoxy groups -OCH3 is 2. The molecule has 1 N–H and O–H groups in total. The highest BCUT2D eigenvalue weighted by molar-refractivity contribution is 5.33. The summed E-state index contributed by atoms with van der Waals surface area (Å²) in [5.74, 6) is 0.857. The van der Waals surface area contributed by atoms with Crippen LogP contribution >= 0.6 is 0 Å². The summed E-state index contributed by atoms with van der Waals surface area (Å²) in [5.41, 5.74) is 1.74. The molecule has 0 bridgehead atoms. The normalized spacial score (nSPS) is 10.4. The molecule has 3 nitrogen and oxygen atoms in total. The minimum atomic E-state index is -0.301. The van der Waals surface area contributed by atoms with Gasteiger partial charge in [-0.3, -0.25) is 0 Å². The van der Waals surface area contributed by atoms with E-state index in [4.69, 9.17) is 9.47 Å². The molecule has 2 aromatic carbocycles. The molecule has 21 heavy (non-hydrogen) atoms. The van der Waals surface area contributed by atoms with Gasteiger partial charge < -0.3 is 14.8 Å². The Morgan fingerprint density at radius 3 is 2.33 bits per heavy atom. The molecule has 0 aliphatic heterocycles. The lowest BCUT2D eigenvalue weighted by Gasteiger charge is -2.10. The van der Waals surface area contributed by atoms with Crippen LogP contribution in [-0.2, 0) is 13.0 Å². The fraction of sp³-hybridized carbons (Fsp3) is 0.294. The molecule has 0 amide bonds. The SMILES string of the molecule is COc1ccccc1CCNCc1cccc(OC)c1F. The van der Waals surface area contributed by atoms with Gasteiger partial charge in [0.15, 0.2) is 11.6 Å². The molecule has 0 fully saturated rings. The molecule has 0 aliphatic carbocycles. The molecular formula is C17H20FNO2. The lowest BCUT2D eigenvalue weighted by atomic mass is 10.1. The summed E-state index contributed by atoms with van der Waals surface area (Å²) in [5, 5.41) is 3.24. The van der Waals surface area contributed by atoms with Gasteiger partial charge in [0.25, 0.3) is 0 Å². The summed E-state index contributed by atoms with van der Waals surface area (Å²) in [6.07, 6.45) is 0.829. The summed E-state index contributed by atoms with van der Waals surface area (Å²) >= 11 is 0. The number of halogens is 1. The van der Waals surface area contributed by atoms with Crippen LogP contribution in [0.4, 0.5) is 4.39 Å². The van der Waals surface area contributed by atoms with Crippen LogP contribution in [0, 0.1) is 5.82 Å². The quantitative estimate of drug-likeness (QED) is 0.794. The summed E-state index contributed by atoms with van der Waals surface area (Å²) in [4.78, 5) is 0. The Balaban J connectivity index is 1.88. The van der Waals surface area contributed by atoms with Gasteiger partial charge >= 0.3 is 0 Å². The maximum atomic E-state index is 14.0. The maximum Gasteiger partial charge on any atom is 0.169 e. The first-order valence-corrected chi connectivity index (χ1v) is 6.90. The standard InChI is InChI=1S/C17H20FNO2/c1-20-15-8-4-3-6-13(15)10-11-19-12-14-7-5-9-16(21-2)17(14)18/h3-9,19H,10-12H2,1-2H3. The average molecular weight is 289 g/mol. The van der Waals surface area contributed by atoms with Crippen LogP contribution in [0.25, 0.3) is 0 Å². The third-order valence-electron chi connectivity index (χ3n) is 3.34. The van der Waals surface area contributed by atoms with E-state index in [-0.39, 0.29) is 11.6 Å². The van der Waals surface area contributed by atoms with Gasteiger partial charge in [-0.1, -0.05) is 30.3 Å². The van der Waals surface area contributed by atoms with Gasteiger partial charge in [-0.05, 0) is 30.7 Å². The van der Waals surface area contributed by atoms with Crippen LogP contribution in [0.3, 0.4) is 0 Å². The van der Waals surface area contributed by atoms with Crippen molar-refractivity contribution < 1.29 is 13.9 Å². The Morgan fingerprint density at radius 2 is 1.57 bits per heavy atom. The summed E-state index contributed by atoms with van der Waals surface area (Å²) < 4.78 is 24.2. The Labute approximate surface area is 124 Å². The topological polar surface area (TPSA) is 30.5 Å². The smallest absolute Gasteiger partial charge is 0.169 e. The molecule has 2 rings (SSSR count). The third-order valence-corrected chi connectivity index (χ3v) is 3.34. The van der Waals surface area contributed by atoms with Gasteiger partial charge in [0.1, 0.15) is 5.75 Å². The van der Waals surface area contributed by atoms with Crippen molar-refractivity contribution in [2.24, 2.45) is 0 Å². The number of rotatable bonds is 7. The number of para-hydroxylation sites is 1. The minimum Gasteiger partial charge on any atom is -0.496 e. The predicted molar refractivity (Wildman–Crippen MR) is 81.4 cm³/mol. The molecule has 0 heterocycles. The number of hydrogen-bond donors (Lipinski definition) is 1. The second-order valence-electron chi connectivity index (χ2n) is 4.67.